The summed E-state index contributed by atoms with van der Waals surface area (Å²) in [7, 11) is -1.75. The van der Waals surface area contributed by atoms with Gasteiger partial charge in [-0.1, -0.05) is 12.1 Å². The molecule has 0 unspecified atom stereocenters. The molecule has 1 saturated heterocycles. The fourth-order valence-electron chi connectivity index (χ4n) is 4.68. The fraction of sp³-hybridized carbons (Fsp3) is 0.591. The number of likely N-dealkylation sites (tertiary alicyclic amines) is 1. The molecule has 1 saturated carbocycles. The lowest BCUT2D eigenvalue weighted by Gasteiger charge is -2.35. The van der Waals surface area contributed by atoms with Crippen LogP contribution in [0, 0.1) is 29.0 Å². The number of ketones is 1. The number of hydrogen-bond donors (Lipinski definition) is 2. The number of nitriles is 1. The number of halogens is 1. The lowest BCUT2D eigenvalue weighted by molar-refractivity contribution is -0.126. The maximum atomic E-state index is 14.2. The van der Waals surface area contributed by atoms with E-state index in [1.165, 1.54) is 12.1 Å². The van der Waals surface area contributed by atoms with Crippen molar-refractivity contribution in [2.75, 3.05) is 0 Å². The van der Waals surface area contributed by atoms with Crippen molar-refractivity contribution in [2.24, 2.45) is 11.8 Å². The first-order valence-corrected chi connectivity index (χ1v) is 10.6. The molecule has 1 aliphatic carbocycles. The summed E-state index contributed by atoms with van der Waals surface area (Å²) in [6, 6.07) is 5.06. The first-order chi connectivity index (χ1) is 14.5. The number of benzene rings is 1. The lowest BCUT2D eigenvalue weighted by atomic mass is 9.78. The molecule has 9 heteroatoms. The molecule has 3 rings (SSSR count). The van der Waals surface area contributed by atoms with Gasteiger partial charge in [0.15, 0.2) is 5.78 Å². The van der Waals surface area contributed by atoms with Gasteiger partial charge in [0, 0.05) is 12.5 Å². The van der Waals surface area contributed by atoms with Gasteiger partial charge in [0.2, 0.25) is 0 Å². The van der Waals surface area contributed by atoms with E-state index in [1.807, 2.05) is 0 Å². The molecular formula is C22H28BFN2O5. The molecule has 2 fully saturated rings. The van der Waals surface area contributed by atoms with Crippen molar-refractivity contribution in [2.45, 2.75) is 70.6 Å². The molecule has 2 aliphatic rings. The van der Waals surface area contributed by atoms with Crippen LogP contribution in [0.3, 0.4) is 0 Å². The van der Waals surface area contributed by atoms with Crippen molar-refractivity contribution in [3.63, 3.8) is 0 Å². The van der Waals surface area contributed by atoms with E-state index >= 15 is 0 Å². The Morgan fingerprint density at radius 1 is 1.35 bits per heavy atom. The summed E-state index contributed by atoms with van der Waals surface area (Å²) >= 11 is 0. The third kappa shape index (κ3) is 5.25. The summed E-state index contributed by atoms with van der Waals surface area (Å²) in [6.45, 7) is 5.31. The number of amides is 1. The highest BCUT2D eigenvalue weighted by Gasteiger charge is 2.52. The van der Waals surface area contributed by atoms with Gasteiger partial charge in [-0.25, -0.2) is 9.18 Å². The minimum Gasteiger partial charge on any atom is -0.444 e. The van der Waals surface area contributed by atoms with Crippen LogP contribution in [0.15, 0.2) is 18.2 Å². The molecule has 1 aliphatic heterocycles. The van der Waals surface area contributed by atoms with Crippen LogP contribution < -0.4 is 5.46 Å². The van der Waals surface area contributed by atoms with Gasteiger partial charge in [-0.3, -0.25) is 9.69 Å². The lowest BCUT2D eigenvalue weighted by Crippen LogP contribution is -2.51. The van der Waals surface area contributed by atoms with Crippen molar-refractivity contribution >= 4 is 24.5 Å². The van der Waals surface area contributed by atoms with Crippen LogP contribution in [0.1, 0.15) is 52.0 Å². The normalized spacial score (nSPS) is 23.4. The van der Waals surface area contributed by atoms with Crippen molar-refractivity contribution in [1.82, 2.24) is 4.90 Å². The fourth-order valence-corrected chi connectivity index (χ4v) is 4.68. The second-order valence-electron chi connectivity index (χ2n) is 9.48. The van der Waals surface area contributed by atoms with Crippen molar-refractivity contribution in [3.8, 4) is 6.07 Å². The van der Waals surface area contributed by atoms with E-state index in [0.29, 0.717) is 0 Å². The van der Waals surface area contributed by atoms with Gasteiger partial charge >= 0.3 is 13.2 Å². The molecule has 166 valence electrons. The predicted molar refractivity (Wildman–Crippen MR) is 112 cm³/mol. The van der Waals surface area contributed by atoms with Gasteiger partial charge < -0.3 is 14.8 Å². The molecule has 2 bridgehead atoms. The minimum atomic E-state index is -1.75. The minimum absolute atomic E-state index is 0.0329. The van der Waals surface area contributed by atoms with E-state index in [0.717, 1.165) is 25.3 Å². The molecule has 4 atom stereocenters. The van der Waals surface area contributed by atoms with Crippen LogP contribution in [-0.4, -0.2) is 51.6 Å². The summed E-state index contributed by atoms with van der Waals surface area (Å²) in [5.74, 6) is -1.54. The third-order valence-electron chi connectivity index (χ3n) is 5.98. The Bertz CT molecular complexity index is 895. The third-order valence-corrected chi connectivity index (χ3v) is 5.98. The van der Waals surface area contributed by atoms with Crippen LogP contribution >= 0.6 is 0 Å². The van der Waals surface area contributed by atoms with Crippen LogP contribution in [-0.2, 0) is 16.0 Å². The summed E-state index contributed by atoms with van der Waals surface area (Å²) in [6.07, 6.45) is 1.76. The van der Waals surface area contributed by atoms with Crippen LogP contribution in [0.25, 0.3) is 0 Å². The van der Waals surface area contributed by atoms with E-state index < -0.39 is 36.6 Å². The molecule has 1 aromatic rings. The Kier molecular flexibility index (Phi) is 6.72. The van der Waals surface area contributed by atoms with Crippen molar-refractivity contribution in [3.05, 3.63) is 29.6 Å². The highest BCUT2D eigenvalue weighted by molar-refractivity contribution is 6.58. The van der Waals surface area contributed by atoms with E-state index in [1.54, 1.807) is 25.7 Å². The Labute approximate surface area is 181 Å². The largest absolute Gasteiger partial charge is 0.488 e. The van der Waals surface area contributed by atoms with Crippen LogP contribution in [0.2, 0.25) is 0 Å². The first-order valence-electron chi connectivity index (χ1n) is 10.6. The van der Waals surface area contributed by atoms with Crippen LogP contribution in [0.4, 0.5) is 9.18 Å². The second-order valence-corrected chi connectivity index (χ2v) is 9.48. The second kappa shape index (κ2) is 8.97. The van der Waals surface area contributed by atoms with Gasteiger partial charge in [0.05, 0.1) is 18.0 Å². The van der Waals surface area contributed by atoms with Gasteiger partial charge in [-0.05, 0) is 69.5 Å². The maximum Gasteiger partial charge on any atom is 0.488 e. The van der Waals surface area contributed by atoms with Gasteiger partial charge in [-0.15, -0.1) is 0 Å². The zero-order chi connectivity index (χ0) is 22.9. The molecule has 1 heterocycles. The first kappa shape index (κ1) is 23.2. The van der Waals surface area contributed by atoms with Crippen LogP contribution in [0.5, 0.6) is 0 Å². The molecule has 1 aromatic carbocycles. The Morgan fingerprint density at radius 2 is 2.06 bits per heavy atom. The Morgan fingerprint density at radius 3 is 2.68 bits per heavy atom. The quantitative estimate of drug-likeness (QED) is 0.668. The monoisotopic (exact) mass is 430 g/mol. The molecule has 31 heavy (non-hydrogen) atoms. The number of carbonyl (C=O) groups is 2. The number of fused-ring (bicyclic) bond motifs is 2. The van der Waals surface area contributed by atoms with Crippen molar-refractivity contribution in [1.29, 1.82) is 5.26 Å². The summed E-state index contributed by atoms with van der Waals surface area (Å²) in [4.78, 5) is 27.4. The highest BCUT2D eigenvalue weighted by atomic mass is 19.1. The molecule has 2 N–H and O–H groups in total. The number of Topliss-reactive ketones (excluding diaryl/α,β-unsaturated/α-hetero) is 1. The topological polar surface area (TPSA) is 111 Å². The van der Waals surface area contributed by atoms with E-state index in [9.17, 15) is 29.3 Å². The average Bonchev–Trinajstić information content (AvgIpc) is 3.28. The van der Waals surface area contributed by atoms with E-state index in [2.05, 4.69) is 6.07 Å². The maximum absolute atomic E-state index is 14.2. The van der Waals surface area contributed by atoms with E-state index in [-0.39, 0.29) is 41.6 Å². The number of hydrogen-bond acceptors (Lipinski definition) is 6. The average molecular weight is 430 g/mol. The smallest absolute Gasteiger partial charge is 0.444 e. The number of ether oxygens (including phenoxy) is 1. The Balaban J connectivity index is 1.73. The summed E-state index contributed by atoms with van der Waals surface area (Å²) < 4.78 is 19.7. The molecule has 0 radical (unpaired) electrons. The number of carbonyl (C=O) groups excluding carboxylic acids is 2. The van der Waals surface area contributed by atoms with Gasteiger partial charge in [0.1, 0.15) is 11.4 Å². The number of rotatable bonds is 6. The molecule has 0 aromatic heterocycles. The predicted octanol–water partition coefficient (Wildman–Crippen LogP) is 1.93. The van der Waals surface area contributed by atoms with E-state index in [4.69, 9.17) is 4.74 Å². The summed E-state index contributed by atoms with van der Waals surface area (Å²) in [5, 5.41) is 28.2. The van der Waals surface area contributed by atoms with Gasteiger partial charge in [0.25, 0.3) is 0 Å². The molecular weight excluding hydrogens is 402 g/mol. The number of piperidine rings is 1. The standard InChI is InChI=1S/C22H28BFN2O5/c1-22(2,3)31-21(28)26-17-6-4-14(11-17)20(26)19(27)9-13(12-25)8-15-10-16(23(29)30)5-7-18(15)24/h5,7,10,13-14,17,20,29-30H,4,6,8-9,11H2,1-3H3/t13-,14+,17-,20+/m1/s1. The molecule has 7 nitrogen and oxygen atoms in total. The zero-order valence-corrected chi connectivity index (χ0v) is 18.0. The Hall–Kier alpha value is -2.44. The SMILES string of the molecule is CC(C)(C)OC(=O)N1[C@@H]2CC[C@@H](C2)[C@H]1C(=O)C[C@H](C#N)Cc1cc(B(O)O)ccc1F. The highest BCUT2D eigenvalue weighted by Crippen LogP contribution is 2.44. The summed E-state index contributed by atoms with van der Waals surface area (Å²) in [5.41, 5.74) is -0.424. The van der Waals surface area contributed by atoms with Crippen molar-refractivity contribution < 1.29 is 28.8 Å². The number of nitrogens with zero attached hydrogens (tertiary/aromatic N) is 2. The zero-order valence-electron chi connectivity index (χ0n) is 18.0. The van der Waals surface area contributed by atoms with Gasteiger partial charge in [-0.2, -0.15) is 5.26 Å². The molecule has 0 spiro atoms. The molecule has 1 amide bonds.